The van der Waals surface area contributed by atoms with Crippen LogP contribution in [0.25, 0.3) is 6.08 Å². The number of rotatable bonds is 5. The van der Waals surface area contributed by atoms with Gasteiger partial charge in [-0.15, -0.1) is 10.2 Å². The van der Waals surface area contributed by atoms with Gasteiger partial charge in [0, 0.05) is 26.1 Å². The number of halogens is 1. The molecule has 1 atom stereocenters. The molecule has 1 unspecified atom stereocenters. The molecular weight excluding hydrogens is 307 g/mol. The molecule has 5 nitrogen and oxygen atoms in total. The summed E-state index contributed by atoms with van der Waals surface area (Å²) >= 11 is 0. The molecule has 2 heterocycles. The Morgan fingerprint density at radius 3 is 2.79 bits per heavy atom. The number of nitrogens with zero attached hydrogens (tertiary/aromatic N) is 4. The summed E-state index contributed by atoms with van der Waals surface area (Å²) in [6.07, 6.45) is 6.35. The van der Waals surface area contributed by atoms with Crippen LogP contribution >= 0.6 is 0 Å². The third kappa shape index (κ3) is 3.88. The maximum Gasteiger partial charge on any atom is 0.158 e. The van der Waals surface area contributed by atoms with E-state index >= 15 is 0 Å². The Kier molecular flexibility index (Phi) is 5.37. The predicted octanol–water partition coefficient (Wildman–Crippen LogP) is 2.34. The lowest BCUT2D eigenvalue weighted by molar-refractivity contribution is 0.221. The number of aliphatic hydroxyl groups is 1. The van der Waals surface area contributed by atoms with Crippen molar-refractivity contribution in [3.05, 3.63) is 53.4 Å². The van der Waals surface area contributed by atoms with Crippen LogP contribution in [0.1, 0.15) is 36.0 Å². The van der Waals surface area contributed by atoms with E-state index in [0.29, 0.717) is 11.7 Å². The Morgan fingerprint density at radius 2 is 2.08 bits per heavy atom. The molecule has 0 radical (unpaired) electrons. The molecule has 128 valence electrons. The van der Waals surface area contributed by atoms with Crippen molar-refractivity contribution in [1.82, 2.24) is 19.7 Å². The van der Waals surface area contributed by atoms with Crippen LogP contribution in [0.3, 0.4) is 0 Å². The highest BCUT2D eigenvalue weighted by molar-refractivity contribution is 5.48. The van der Waals surface area contributed by atoms with Crippen LogP contribution in [0.2, 0.25) is 0 Å². The van der Waals surface area contributed by atoms with Crippen molar-refractivity contribution in [3.8, 4) is 0 Å². The smallest absolute Gasteiger partial charge is 0.158 e. The topological polar surface area (TPSA) is 54.2 Å². The van der Waals surface area contributed by atoms with Gasteiger partial charge in [0.15, 0.2) is 5.82 Å². The van der Waals surface area contributed by atoms with Gasteiger partial charge in [0.25, 0.3) is 0 Å². The standard InChI is InChI=1S/C18H23FN4O/c1-22-17(13-24)20-21-18(22)15-5-3-11-23(12-15)10-2-4-14-6-8-16(19)9-7-14/h2,4,6-9,15,24H,3,5,10-13H2,1H3. The number of aliphatic hydroxyl groups excluding tert-OH is 1. The van der Waals surface area contributed by atoms with Gasteiger partial charge in [-0.3, -0.25) is 4.90 Å². The Balaban J connectivity index is 1.59. The summed E-state index contributed by atoms with van der Waals surface area (Å²) in [7, 11) is 1.91. The van der Waals surface area contributed by atoms with E-state index in [0.717, 1.165) is 43.9 Å². The van der Waals surface area contributed by atoms with Crippen molar-refractivity contribution in [2.75, 3.05) is 19.6 Å². The van der Waals surface area contributed by atoms with Crippen molar-refractivity contribution in [2.45, 2.75) is 25.4 Å². The fourth-order valence-electron chi connectivity index (χ4n) is 3.21. The molecular formula is C18H23FN4O. The highest BCUT2D eigenvalue weighted by atomic mass is 19.1. The first-order chi connectivity index (χ1) is 11.7. The Hall–Kier alpha value is -2.05. The normalized spacial score (nSPS) is 19.2. The van der Waals surface area contributed by atoms with E-state index in [1.807, 2.05) is 17.7 Å². The third-order valence-electron chi connectivity index (χ3n) is 4.55. The van der Waals surface area contributed by atoms with Crippen LogP contribution in [-0.4, -0.2) is 44.4 Å². The van der Waals surface area contributed by atoms with E-state index in [4.69, 9.17) is 0 Å². The van der Waals surface area contributed by atoms with Crippen LogP contribution in [-0.2, 0) is 13.7 Å². The minimum Gasteiger partial charge on any atom is -0.388 e. The number of piperidine rings is 1. The van der Waals surface area contributed by atoms with Crippen molar-refractivity contribution in [2.24, 2.45) is 7.05 Å². The molecule has 1 saturated heterocycles. The minimum atomic E-state index is -0.211. The van der Waals surface area contributed by atoms with Crippen molar-refractivity contribution < 1.29 is 9.50 Å². The largest absolute Gasteiger partial charge is 0.388 e. The van der Waals surface area contributed by atoms with Gasteiger partial charge in [-0.05, 0) is 37.1 Å². The lowest BCUT2D eigenvalue weighted by atomic mass is 9.97. The Morgan fingerprint density at radius 1 is 1.29 bits per heavy atom. The first-order valence-electron chi connectivity index (χ1n) is 8.31. The number of aromatic nitrogens is 3. The fourth-order valence-corrected chi connectivity index (χ4v) is 3.21. The molecule has 3 rings (SSSR count). The first-order valence-corrected chi connectivity index (χ1v) is 8.31. The molecule has 1 aromatic carbocycles. The highest BCUT2D eigenvalue weighted by Gasteiger charge is 2.25. The zero-order valence-corrected chi connectivity index (χ0v) is 13.9. The summed E-state index contributed by atoms with van der Waals surface area (Å²) in [5.41, 5.74) is 1.01. The predicted molar refractivity (Wildman–Crippen MR) is 90.8 cm³/mol. The molecule has 0 amide bonds. The van der Waals surface area contributed by atoms with E-state index in [2.05, 4.69) is 21.2 Å². The van der Waals surface area contributed by atoms with Gasteiger partial charge < -0.3 is 9.67 Å². The lowest BCUT2D eigenvalue weighted by Crippen LogP contribution is -2.35. The zero-order chi connectivity index (χ0) is 16.9. The molecule has 6 heteroatoms. The van der Waals surface area contributed by atoms with Gasteiger partial charge in [-0.25, -0.2) is 4.39 Å². The van der Waals surface area contributed by atoms with Gasteiger partial charge >= 0.3 is 0 Å². The van der Waals surface area contributed by atoms with Gasteiger partial charge in [0.1, 0.15) is 18.2 Å². The van der Waals surface area contributed by atoms with Gasteiger partial charge in [-0.1, -0.05) is 24.3 Å². The van der Waals surface area contributed by atoms with Crippen LogP contribution in [0.5, 0.6) is 0 Å². The maximum absolute atomic E-state index is 12.9. The summed E-state index contributed by atoms with van der Waals surface area (Å²) in [5.74, 6) is 1.69. The van der Waals surface area contributed by atoms with Crippen LogP contribution < -0.4 is 0 Å². The third-order valence-corrected chi connectivity index (χ3v) is 4.55. The highest BCUT2D eigenvalue weighted by Crippen LogP contribution is 2.25. The van der Waals surface area contributed by atoms with Crippen LogP contribution in [0.15, 0.2) is 30.3 Å². The minimum absolute atomic E-state index is 0.0830. The van der Waals surface area contributed by atoms with Crippen LogP contribution in [0.4, 0.5) is 4.39 Å². The second kappa shape index (κ2) is 7.68. The molecule has 1 aliphatic heterocycles. The zero-order valence-electron chi connectivity index (χ0n) is 13.9. The number of likely N-dealkylation sites (tertiary alicyclic amines) is 1. The summed E-state index contributed by atoms with van der Waals surface area (Å²) in [5, 5.41) is 17.6. The maximum atomic E-state index is 12.9. The second-order valence-corrected chi connectivity index (χ2v) is 6.24. The molecule has 1 fully saturated rings. The van der Waals surface area contributed by atoms with Crippen LogP contribution in [0, 0.1) is 5.82 Å². The van der Waals surface area contributed by atoms with Crippen molar-refractivity contribution >= 4 is 6.08 Å². The Labute approximate surface area is 141 Å². The monoisotopic (exact) mass is 330 g/mol. The number of benzene rings is 1. The average Bonchev–Trinajstić information content (AvgIpc) is 2.98. The molecule has 24 heavy (non-hydrogen) atoms. The molecule has 0 bridgehead atoms. The van der Waals surface area contributed by atoms with E-state index in [1.165, 1.54) is 12.1 Å². The summed E-state index contributed by atoms with van der Waals surface area (Å²) in [4.78, 5) is 2.39. The Bertz CT molecular complexity index is 696. The molecule has 0 saturated carbocycles. The van der Waals surface area contributed by atoms with E-state index in [-0.39, 0.29) is 12.4 Å². The van der Waals surface area contributed by atoms with Gasteiger partial charge in [0.2, 0.25) is 0 Å². The lowest BCUT2D eigenvalue weighted by Gasteiger charge is -2.31. The van der Waals surface area contributed by atoms with Gasteiger partial charge in [0.05, 0.1) is 0 Å². The summed E-state index contributed by atoms with van der Waals surface area (Å²) < 4.78 is 14.8. The van der Waals surface area contributed by atoms with Gasteiger partial charge in [-0.2, -0.15) is 0 Å². The van der Waals surface area contributed by atoms with E-state index < -0.39 is 0 Å². The first kappa shape index (κ1) is 16.8. The number of hydrogen-bond donors (Lipinski definition) is 1. The molecule has 0 spiro atoms. The molecule has 1 N–H and O–H groups in total. The SMILES string of the molecule is Cn1c(CO)nnc1C1CCCN(CC=Cc2ccc(F)cc2)C1. The average molecular weight is 330 g/mol. The van der Waals surface area contributed by atoms with E-state index in [1.54, 1.807) is 12.1 Å². The van der Waals surface area contributed by atoms with Crippen molar-refractivity contribution in [1.29, 1.82) is 0 Å². The van der Waals surface area contributed by atoms with E-state index in [9.17, 15) is 9.50 Å². The van der Waals surface area contributed by atoms with Crippen molar-refractivity contribution in [3.63, 3.8) is 0 Å². The fraction of sp³-hybridized carbons (Fsp3) is 0.444. The number of hydrogen-bond acceptors (Lipinski definition) is 4. The summed E-state index contributed by atoms with van der Waals surface area (Å²) in [6, 6.07) is 6.51. The molecule has 2 aromatic rings. The molecule has 1 aliphatic rings. The summed E-state index contributed by atoms with van der Waals surface area (Å²) in [6.45, 7) is 2.78. The quantitative estimate of drug-likeness (QED) is 0.914. The molecule has 0 aliphatic carbocycles. The second-order valence-electron chi connectivity index (χ2n) is 6.24. The molecule has 1 aromatic heterocycles.